The van der Waals surface area contributed by atoms with Crippen molar-refractivity contribution in [3.05, 3.63) is 52.9 Å². The van der Waals surface area contributed by atoms with Crippen molar-refractivity contribution < 1.29 is 13.2 Å². The Bertz CT molecular complexity index is 1160. The van der Waals surface area contributed by atoms with E-state index in [9.17, 15) is 8.42 Å². The van der Waals surface area contributed by atoms with Gasteiger partial charge >= 0.3 is 0 Å². The predicted molar refractivity (Wildman–Crippen MR) is 133 cm³/mol. The number of aromatic nitrogens is 1. The molecule has 11 heteroatoms. The number of hydrogen-bond acceptors (Lipinski definition) is 7. The minimum absolute atomic E-state index is 0. The molecule has 1 aromatic heterocycles. The van der Waals surface area contributed by atoms with E-state index in [2.05, 4.69) is 26.6 Å². The van der Waals surface area contributed by atoms with Gasteiger partial charge in [0.05, 0.1) is 23.4 Å². The maximum absolute atomic E-state index is 13.0. The lowest BCUT2D eigenvalue weighted by Gasteiger charge is -2.34. The summed E-state index contributed by atoms with van der Waals surface area (Å²) in [5, 5.41) is 2.75. The number of halogens is 2. The average molecular weight is 515 g/mol. The number of nitrogens with one attached hydrogen (secondary N) is 1. The number of nitrogens with zero attached hydrogens (tertiary/aromatic N) is 3. The summed E-state index contributed by atoms with van der Waals surface area (Å²) in [6, 6.07) is 12.2. The van der Waals surface area contributed by atoms with Crippen LogP contribution in [0.15, 0.2) is 52.7 Å². The lowest BCUT2D eigenvalue weighted by molar-refractivity contribution is 0.311. The van der Waals surface area contributed by atoms with Crippen LogP contribution in [0.4, 0.5) is 10.8 Å². The van der Waals surface area contributed by atoms with Crippen LogP contribution in [0, 0.1) is 0 Å². The van der Waals surface area contributed by atoms with Gasteiger partial charge in [-0.3, -0.25) is 4.72 Å². The predicted octanol–water partition coefficient (Wildman–Crippen LogP) is 4.45. The van der Waals surface area contributed by atoms with Gasteiger partial charge < -0.3 is 14.5 Å². The van der Waals surface area contributed by atoms with Crippen LogP contribution >= 0.6 is 35.3 Å². The first-order valence-electron chi connectivity index (χ1n) is 9.71. The van der Waals surface area contributed by atoms with E-state index in [1.807, 2.05) is 17.5 Å². The fraction of sp³-hybridized carbons (Fsp3) is 0.286. The number of benzene rings is 2. The van der Waals surface area contributed by atoms with Gasteiger partial charge in [0.1, 0.15) is 5.75 Å². The van der Waals surface area contributed by atoms with Crippen molar-refractivity contribution in [2.45, 2.75) is 4.90 Å². The van der Waals surface area contributed by atoms with Crippen LogP contribution in [0.25, 0.3) is 11.3 Å². The lowest BCUT2D eigenvalue weighted by Crippen LogP contribution is -2.44. The number of rotatable bonds is 6. The molecule has 1 fully saturated rings. The molecule has 0 bridgehead atoms. The molecule has 0 spiro atoms. The number of hydrogen-bond donors (Lipinski definition) is 1. The molecule has 0 atom stereocenters. The van der Waals surface area contributed by atoms with E-state index in [0.717, 1.165) is 37.4 Å². The van der Waals surface area contributed by atoms with Crippen LogP contribution in [-0.2, 0) is 10.0 Å². The minimum Gasteiger partial charge on any atom is -0.495 e. The molecule has 1 aliphatic rings. The highest BCUT2D eigenvalue weighted by Crippen LogP contribution is 2.33. The number of anilines is 2. The quantitative estimate of drug-likeness (QED) is 0.523. The van der Waals surface area contributed by atoms with Gasteiger partial charge in [0.2, 0.25) is 0 Å². The summed E-state index contributed by atoms with van der Waals surface area (Å²) in [4.78, 5) is 8.99. The van der Waals surface area contributed by atoms with Gasteiger partial charge in [-0.2, -0.15) is 0 Å². The molecule has 2 aromatic carbocycles. The van der Waals surface area contributed by atoms with Crippen molar-refractivity contribution in [3.8, 4) is 17.0 Å². The highest BCUT2D eigenvalue weighted by atomic mass is 35.5. The Balaban J connectivity index is 0.00000289. The average Bonchev–Trinajstić information content (AvgIpc) is 3.22. The maximum atomic E-state index is 13.0. The molecule has 1 aliphatic heterocycles. The molecule has 4 rings (SSSR count). The zero-order valence-electron chi connectivity index (χ0n) is 17.6. The van der Waals surface area contributed by atoms with Crippen molar-refractivity contribution in [2.75, 3.05) is 50.0 Å². The zero-order chi connectivity index (χ0) is 22.0. The Morgan fingerprint density at radius 1 is 1.09 bits per heavy atom. The van der Waals surface area contributed by atoms with E-state index in [1.54, 1.807) is 37.4 Å². The van der Waals surface area contributed by atoms with Crippen LogP contribution in [-0.4, -0.2) is 58.6 Å². The van der Waals surface area contributed by atoms with Crippen LogP contribution < -0.4 is 14.4 Å². The Kier molecular flexibility index (Phi) is 7.89. The molecular formula is C21H24Cl2N4O3S2. The summed E-state index contributed by atoms with van der Waals surface area (Å²) in [7, 11) is -0.134. The minimum atomic E-state index is -3.80. The summed E-state index contributed by atoms with van der Waals surface area (Å²) in [6.07, 6.45) is 0. The second kappa shape index (κ2) is 10.3. The SMILES string of the molecule is COc1ccc(S(=O)(=O)Nc2nc(-c3ccc(Cl)cc3)cs2)cc1N1CCN(C)CC1.Cl. The maximum Gasteiger partial charge on any atom is 0.263 e. The van der Waals surface area contributed by atoms with Gasteiger partial charge in [0, 0.05) is 42.1 Å². The number of likely N-dealkylation sites (N-methyl/N-ethyl adjacent to an activating group) is 1. The highest BCUT2D eigenvalue weighted by molar-refractivity contribution is 7.93. The van der Waals surface area contributed by atoms with E-state index < -0.39 is 10.0 Å². The van der Waals surface area contributed by atoms with Crippen LogP contribution in [0.2, 0.25) is 5.02 Å². The van der Waals surface area contributed by atoms with Crippen LogP contribution in [0.1, 0.15) is 0 Å². The molecule has 1 saturated heterocycles. The topological polar surface area (TPSA) is 74.8 Å². The van der Waals surface area contributed by atoms with E-state index in [0.29, 0.717) is 21.6 Å². The fourth-order valence-electron chi connectivity index (χ4n) is 3.38. The van der Waals surface area contributed by atoms with E-state index in [4.69, 9.17) is 16.3 Å². The Labute approximate surface area is 203 Å². The van der Waals surface area contributed by atoms with Crippen LogP contribution in [0.3, 0.4) is 0 Å². The van der Waals surface area contributed by atoms with Gasteiger partial charge in [0.15, 0.2) is 5.13 Å². The van der Waals surface area contributed by atoms with Crippen molar-refractivity contribution in [1.82, 2.24) is 9.88 Å². The number of thiazole rings is 1. The number of piperazine rings is 1. The standard InChI is InChI=1S/C21H23ClN4O3S2.ClH/c1-25-9-11-26(12-10-25)19-13-17(7-8-20(19)29-2)31(27,28)24-21-23-18(14-30-21)15-3-5-16(22)6-4-15;/h3-8,13-14H,9-12H2,1-2H3,(H,23,24);1H. The summed E-state index contributed by atoms with van der Waals surface area (Å²) < 4.78 is 34.2. The third kappa shape index (κ3) is 5.47. The van der Waals surface area contributed by atoms with Crippen molar-refractivity contribution in [3.63, 3.8) is 0 Å². The Hall–Kier alpha value is -2.04. The summed E-state index contributed by atoms with van der Waals surface area (Å²) in [5.41, 5.74) is 2.33. The fourth-order valence-corrected chi connectivity index (χ4v) is 5.50. The summed E-state index contributed by atoms with van der Waals surface area (Å²) in [5.74, 6) is 0.655. The molecule has 0 radical (unpaired) electrons. The first-order chi connectivity index (χ1) is 14.9. The highest BCUT2D eigenvalue weighted by Gasteiger charge is 2.22. The van der Waals surface area contributed by atoms with Gasteiger partial charge in [-0.1, -0.05) is 23.7 Å². The molecule has 32 heavy (non-hydrogen) atoms. The molecule has 172 valence electrons. The van der Waals surface area contributed by atoms with Crippen molar-refractivity contribution >= 4 is 56.2 Å². The van der Waals surface area contributed by atoms with E-state index >= 15 is 0 Å². The van der Waals surface area contributed by atoms with Crippen molar-refractivity contribution in [2.24, 2.45) is 0 Å². The summed E-state index contributed by atoms with van der Waals surface area (Å²) in [6.45, 7) is 3.43. The lowest BCUT2D eigenvalue weighted by atomic mass is 10.2. The van der Waals surface area contributed by atoms with Crippen molar-refractivity contribution in [1.29, 1.82) is 0 Å². The van der Waals surface area contributed by atoms with Gasteiger partial charge in [0.25, 0.3) is 10.0 Å². The third-order valence-electron chi connectivity index (χ3n) is 5.17. The monoisotopic (exact) mass is 514 g/mol. The van der Waals surface area contributed by atoms with Gasteiger partial charge in [-0.05, 0) is 37.4 Å². The second-order valence-corrected chi connectivity index (χ2v) is 10.3. The molecule has 0 amide bonds. The second-order valence-electron chi connectivity index (χ2n) is 7.27. The molecule has 0 saturated carbocycles. The van der Waals surface area contributed by atoms with E-state index in [1.165, 1.54) is 11.3 Å². The molecule has 0 unspecified atom stereocenters. The first-order valence-corrected chi connectivity index (χ1v) is 12.5. The third-order valence-corrected chi connectivity index (χ3v) is 7.65. The normalized spacial score (nSPS) is 14.7. The van der Waals surface area contributed by atoms with Gasteiger partial charge in [-0.25, -0.2) is 13.4 Å². The molecule has 1 N–H and O–H groups in total. The van der Waals surface area contributed by atoms with E-state index in [-0.39, 0.29) is 17.3 Å². The molecule has 7 nitrogen and oxygen atoms in total. The first kappa shape index (κ1) is 24.6. The summed E-state index contributed by atoms with van der Waals surface area (Å²) >= 11 is 7.17. The molecule has 2 heterocycles. The number of sulfonamides is 1. The number of ether oxygens (including phenoxy) is 1. The van der Waals surface area contributed by atoms with Gasteiger partial charge in [-0.15, -0.1) is 23.7 Å². The largest absolute Gasteiger partial charge is 0.495 e. The Morgan fingerprint density at radius 2 is 1.78 bits per heavy atom. The molecular weight excluding hydrogens is 491 g/mol. The smallest absolute Gasteiger partial charge is 0.263 e. The zero-order valence-corrected chi connectivity index (χ0v) is 20.8. The number of methoxy groups -OCH3 is 1. The Morgan fingerprint density at radius 3 is 2.44 bits per heavy atom. The molecule has 0 aliphatic carbocycles. The van der Waals surface area contributed by atoms with Crippen LogP contribution in [0.5, 0.6) is 5.75 Å². The molecule has 3 aromatic rings.